The number of phenols is 3. The van der Waals surface area contributed by atoms with E-state index in [-0.39, 0.29) is 17.1 Å². The van der Waals surface area contributed by atoms with Crippen LogP contribution in [0.2, 0.25) is 0 Å². The fourth-order valence-electron chi connectivity index (χ4n) is 4.33. The number of benzene rings is 2. The molecule has 1 fully saturated rings. The third kappa shape index (κ3) is 6.56. The van der Waals surface area contributed by atoms with Crippen LogP contribution in [-0.4, -0.2) is 95.7 Å². The van der Waals surface area contributed by atoms with Gasteiger partial charge < -0.3 is 59.5 Å². The summed E-state index contributed by atoms with van der Waals surface area (Å²) in [5.41, 5.74) is -2.51. The molecule has 15 nitrogen and oxygen atoms in total. The molecule has 1 saturated heterocycles. The van der Waals surface area contributed by atoms with E-state index in [1.54, 1.807) is 0 Å². The Hall–Kier alpha value is -4.41. The van der Waals surface area contributed by atoms with Crippen LogP contribution < -0.4 is 10.2 Å². The highest BCUT2D eigenvalue weighted by Crippen LogP contribution is 2.42. The zero-order chi connectivity index (χ0) is 30.9. The number of carbonyl (C=O) groups is 2. The highest BCUT2D eigenvalue weighted by Gasteiger charge is 2.46. The number of carboxylic acid groups (broad SMARTS) is 1. The highest BCUT2D eigenvalue weighted by molar-refractivity contribution is 5.89. The second kappa shape index (κ2) is 11.8. The number of fused-ring (bicyclic) bond motifs is 1. The van der Waals surface area contributed by atoms with Gasteiger partial charge in [0, 0.05) is 17.7 Å². The number of rotatable bonds is 9. The summed E-state index contributed by atoms with van der Waals surface area (Å²) in [4.78, 5) is 35.7. The topological polar surface area (TPSA) is 254 Å². The van der Waals surface area contributed by atoms with Gasteiger partial charge in [-0.25, -0.2) is 0 Å². The van der Waals surface area contributed by atoms with E-state index < -0.39 is 95.8 Å². The minimum Gasteiger partial charge on any atom is -0.508 e. The summed E-state index contributed by atoms with van der Waals surface area (Å²) in [6.07, 6.45) is -10.4. The molecular formula is C27H28O15. The van der Waals surface area contributed by atoms with Crippen LogP contribution in [0.4, 0.5) is 0 Å². The average molecular weight is 593 g/mol. The molecular weight excluding hydrogens is 564 g/mol. The maximum absolute atomic E-state index is 12.7. The molecule has 15 heteroatoms. The summed E-state index contributed by atoms with van der Waals surface area (Å²) < 4.78 is 21.6. The van der Waals surface area contributed by atoms with Crippen LogP contribution in [0.3, 0.4) is 0 Å². The molecule has 226 valence electrons. The Morgan fingerprint density at radius 3 is 2.26 bits per heavy atom. The van der Waals surface area contributed by atoms with Crippen LogP contribution in [0, 0.1) is 0 Å². The Labute approximate surface area is 236 Å². The molecule has 2 aromatic carbocycles. The number of aliphatic hydroxyl groups excluding tert-OH is 3. The van der Waals surface area contributed by atoms with Crippen molar-refractivity contribution in [3.05, 3.63) is 46.6 Å². The first-order valence-electron chi connectivity index (χ1n) is 12.4. The molecule has 0 aliphatic carbocycles. The monoisotopic (exact) mass is 592 g/mol. The maximum Gasteiger partial charge on any atom is 0.308 e. The number of aliphatic hydroxyl groups is 4. The predicted octanol–water partition coefficient (Wildman–Crippen LogP) is -0.0778. The molecule has 42 heavy (non-hydrogen) atoms. The summed E-state index contributed by atoms with van der Waals surface area (Å²) in [5.74, 6) is -4.80. The van der Waals surface area contributed by atoms with Gasteiger partial charge in [-0.1, -0.05) is 0 Å². The number of carbonyl (C=O) groups excluding carboxylic acids is 1. The van der Waals surface area contributed by atoms with E-state index in [1.807, 2.05) is 0 Å². The molecule has 0 radical (unpaired) electrons. The van der Waals surface area contributed by atoms with Gasteiger partial charge in [0.1, 0.15) is 53.5 Å². The van der Waals surface area contributed by atoms with Gasteiger partial charge in [-0.15, -0.1) is 0 Å². The third-order valence-corrected chi connectivity index (χ3v) is 6.46. The number of ether oxygens (including phenoxy) is 3. The molecule has 3 aromatic rings. The number of aromatic hydroxyl groups is 3. The van der Waals surface area contributed by atoms with E-state index in [1.165, 1.54) is 24.3 Å². The van der Waals surface area contributed by atoms with Gasteiger partial charge in [-0.3, -0.25) is 14.4 Å². The number of carboxylic acids is 1. The van der Waals surface area contributed by atoms with Crippen molar-refractivity contribution < 1.29 is 69.1 Å². The molecule has 0 spiro atoms. The first-order chi connectivity index (χ1) is 19.7. The maximum atomic E-state index is 12.7. The Morgan fingerprint density at radius 2 is 1.62 bits per heavy atom. The zero-order valence-corrected chi connectivity index (χ0v) is 21.9. The number of hydrogen-bond acceptors (Lipinski definition) is 14. The van der Waals surface area contributed by atoms with Gasteiger partial charge in [-0.2, -0.15) is 0 Å². The lowest BCUT2D eigenvalue weighted by Gasteiger charge is -2.40. The van der Waals surface area contributed by atoms with Crippen LogP contribution in [0.5, 0.6) is 23.0 Å². The molecule has 0 saturated carbocycles. The second-order valence-corrected chi connectivity index (χ2v) is 10.0. The normalized spacial score (nSPS) is 23.7. The Balaban J connectivity index is 1.56. The first-order valence-corrected chi connectivity index (χ1v) is 12.4. The molecule has 4 rings (SSSR count). The van der Waals surface area contributed by atoms with Gasteiger partial charge in [-0.05, 0) is 31.2 Å². The van der Waals surface area contributed by atoms with E-state index >= 15 is 0 Å². The van der Waals surface area contributed by atoms with Crippen LogP contribution in [0.15, 0.2) is 45.6 Å². The van der Waals surface area contributed by atoms with Gasteiger partial charge in [0.15, 0.2) is 16.9 Å². The molecule has 0 unspecified atom stereocenters. The number of aliphatic carboxylic acids is 1. The van der Waals surface area contributed by atoms with E-state index in [4.69, 9.17) is 23.7 Å². The van der Waals surface area contributed by atoms with E-state index in [0.717, 1.165) is 19.1 Å². The molecule has 0 bridgehead atoms. The van der Waals surface area contributed by atoms with Crippen molar-refractivity contribution in [2.75, 3.05) is 6.61 Å². The summed E-state index contributed by atoms with van der Waals surface area (Å²) in [6, 6.07) is 7.73. The van der Waals surface area contributed by atoms with Crippen molar-refractivity contribution in [1.82, 2.24) is 0 Å². The van der Waals surface area contributed by atoms with Crippen molar-refractivity contribution in [1.29, 1.82) is 0 Å². The van der Waals surface area contributed by atoms with Crippen molar-refractivity contribution in [2.45, 2.75) is 56.1 Å². The van der Waals surface area contributed by atoms with Crippen LogP contribution >= 0.6 is 0 Å². The fourth-order valence-corrected chi connectivity index (χ4v) is 4.33. The molecule has 1 aromatic heterocycles. The van der Waals surface area contributed by atoms with Gasteiger partial charge >= 0.3 is 11.9 Å². The molecule has 1 aliphatic heterocycles. The van der Waals surface area contributed by atoms with Crippen molar-refractivity contribution in [3.63, 3.8) is 0 Å². The Kier molecular flexibility index (Phi) is 8.60. The lowest BCUT2D eigenvalue weighted by atomic mass is 9.98. The second-order valence-electron chi connectivity index (χ2n) is 10.0. The van der Waals surface area contributed by atoms with Crippen molar-refractivity contribution in [3.8, 4) is 34.3 Å². The molecule has 0 amide bonds. The van der Waals surface area contributed by atoms with Gasteiger partial charge in [0.25, 0.3) is 0 Å². The number of hydrogen-bond donors (Lipinski definition) is 8. The Bertz CT molecular complexity index is 1530. The quantitative estimate of drug-likeness (QED) is 0.119. The zero-order valence-electron chi connectivity index (χ0n) is 21.9. The van der Waals surface area contributed by atoms with E-state index in [2.05, 4.69) is 0 Å². The van der Waals surface area contributed by atoms with Crippen LogP contribution in [0.1, 0.15) is 19.8 Å². The molecule has 6 atom stereocenters. The minimum absolute atomic E-state index is 0.0309. The fraction of sp³-hybridized carbons (Fsp3) is 0.370. The molecule has 8 N–H and O–H groups in total. The minimum atomic E-state index is -1.93. The summed E-state index contributed by atoms with van der Waals surface area (Å²) in [7, 11) is 0. The van der Waals surface area contributed by atoms with E-state index in [9.17, 15) is 50.1 Å². The molecule has 1 aliphatic rings. The smallest absolute Gasteiger partial charge is 0.308 e. The number of esters is 1. The Morgan fingerprint density at radius 1 is 0.952 bits per heavy atom. The van der Waals surface area contributed by atoms with E-state index in [0.29, 0.717) is 5.56 Å². The largest absolute Gasteiger partial charge is 0.508 e. The standard InChI is InChI=1S/C27H28O15/c1-27(38,8-18(30)31)9-19(32)39-10-17-22(34)24(36)25(37)26(42-17)41-16-7-15-20(23(35)21(16)33)13(29)6-14(40-15)11-2-4-12(28)5-3-11/h2-7,17,22,24-26,28,33-38H,8-10H2,1H3,(H,30,31)/t17-,22-,24+,25-,26-,27-/m1/s1. The summed E-state index contributed by atoms with van der Waals surface area (Å²) in [6.45, 7) is 0.395. The first kappa shape index (κ1) is 30.5. The number of phenolic OH excluding ortho intramolecular Hbond substituents is 3. The van der Waals surface area contributed by atoms with Crippen molar-refractivity contribution in [2.24, 2.45) is 0 Å². The van der Waals surface area contributed by atoms with Gasteiger partial charge in [0.2, 0.25) is 12.0 Å². The predicted molar refractivity (Wildman–Crippen MR) is 139 cm³/mol. The highest BCUT2D eigenvalue weighted by atomic mass is 16.7. The van der Waals surface area contributed by atoms with Crippen LogP contribution in [-0.2, 0) is 19.1 Å². The summed E-state index contributed by atoms with van der Waals surface area (Å²) in [5, 5.41) is 80.1. The lowest BCUT2D eigenvalue weighted by molar-refractivity contribution is -0.278. The average Bonchev–Trinajstić information content (AvgIpc) is 2.90. The van der Waals surface area contributed by atoms with Crippen LogP contribution in [0.25, 0.3) is 22.3 Å². The lowest BCUT2D eigenvalue weighted by Crippen LogP contribution is -2.60. The summed E-state index contributed by atoms with van der Waals surface area (Å²) >= 11 is 0. The SMILES string of the molecule is C[C@@](O)(CC(=O)O)CC(=O)OC[C@H]1O[C@@H](Oc2cc3oc(-c4ccc(O)cc4)cc(=O)c3c(O)c2O)[C@H](O)[C@@H](O)[C@@H]1O. The third-order valence-electron chi connectivity index (χ3n) is 6.46. The van der Waals surface area contributed by atoms with Gasteiger partial charge in [0.05, 0.1) is 18.4 Å². The van der Waals surface area contributed by atoms with Crippen molar-refractivity contribution >= 4 is 22.9 Å². The molecule has 2 heterocycles.